The number of rotatable bonds is 2. The van der Waals surface area contributed by atoms with E-state index in [-0.39, 0.29) is 11.8 Å². The van der Waals surface area contributed by atoms with Crippen LogP contribution in [0.25, 0.3) is 0 Å². The van der Waals surface area contributed by atoms with Gasteiger partial charge in [-0.2, -0.15) is 0 Å². The Morgan fingerprint density at radius 2 is 1.92 bits per heavy atom. The summed E-state index contributed by atoms with van der Waals surface area (Å²) in [6.07, 6.45) is 0. The molecule has 13 heavy (non-hydrogen) atoms. The largest absolute Gasteiger partial charge is 0.340 e. The molecule has 0 saturated carbocycles. The molecule has 1 unspecified atom stereocenters. The molecule has 2 N–H and O–H groups in total. The van der Waals surface area contributed by atoms with Crippen LogP contribution in [-0.4, -0.2) is 55.5 Å². The zero-order valence-corrected chi connectivity index (χ0v) is 8.49. The first kappa shape index (κ1) is 10.5. The minimum absolute atomic E-state index is 0.0246. The number of carbonyl (C=O) groups excluding carboxylic acids is 1. The lowest BCUT2D eigenvalue weighted by Gasteiger charge is -2.33. The summed E-state index contributed by atoms with van der Waals surface area (Å²) < 4.78 is 0. The molecule has 1 aliphatic heterocycles. The molecule has 0 radical (unpaired) electrons. The number of hydrogen-bond donors (Lipinski definition) is 1. The lowest BCUT2D eigenvalue weighted by Crippen LogP contribution is -2.49. The van der Waals surface area contributed by atoms with Gasteiger partial charge in [-0.05, 0) is 7.05 Å². The maximum absolute atomic E-state index is 11.7. The summed E-state index contributed by atoms with van der Waals surface area (Å²) in [6, 6.07) is 0. The highest BCUT2D eigenvalue weighted by Crippen LogP contribution is 2.05. The van der Waals surface area contributed by atoms with Crippen LogP contribution in [0.4, 0.5) is 0 Å². The Bertz CT molecular complexity index is 176. The number of carbonyl (C=O) groups is 1. The second-order valence-electron chi connectivity index (χ2n) is 3.77. The van der Waals surface area contributed by atoms with E-state index in [1.165, 1.54) is 0 Å². The van der Waals surface area contributed by atoms with E-state index in [1.807, 2.05) is 11.8 Å². The fourth-order valence-electron chi connectivity index (χ4n) is 1.44. The van der Waals surface area contributed by atoms with Gasteiger partial charge in [0.1, 0.15) is 0 Å². The van der Waals surface area contributed by atoms with Crippen molar-refractivity contribution >= 4 is 5.91 Å². The average Bonchev–Trinajstić information content (AvgIpc) is 2.17. The second-order valence-corrected chi connectivity index (χ2v) is 3.77. The van der Waals surface area contributed by atoms with Gasteiger partial charge >= 0.3 is 0 Å². The molecule has 0 bridgehead atoms. The first-order valence-corrected chi connectivity index (χ1v) is 4.82. The van der Waals surface area contributed by atoms with E-state index in [9.17, 15) is 4.79 Å². The van der Waals surface area contributed by atoms with Crippen molar-refractivity contribution in [1.82, 2.24) is 9.80 Å². The first-order valence-electron chi connectivity index (χ1n) is 4.82. The Morgan fingerprint density at radius 1 is 1.38 bits per heavy atom. The van der Waals surface area contributed by atoms with E-state index < -0.39 is 0 Å². The summed E-state index contributed by atoms with van der Waals surface area (Å²) in [7, 11) is 2.08. The van der Waals surface area contributed by atoms with E-state index in [1.54, 1.807) is 0 Å². The molecule has 1 fully saturated rings. The smallest absolute Gasteiger partial charge is 0.226 e. The molecule has 4 nitrogen and oxygen atoms in total. The second kappa shape index (κ2) is 4.58. The summed E-state index contributed by atoms with van der Waals surface area (Å²) in [5.74, 6) is 0.180. The van der Waals surface area contributed by atoms with Gasteiger partial charge in [-0.1, -0.05) is 6.92 Å². The van der Waals surface area contributed by atoms with Crippen LogP contribution in [-0.2, 0) is 4.79 Å². The summed E-state index contributed by atoms with van der Waals surface area (Å²) in [5.41, 5.74) is 5.45. The number of nitrogens with two attached hydrogens (primary N) is 1. The Morgan fingerprint density at radius 3 is 2.38 bits per heavy atom. The highest BCUT2D eigenvalue weighted by atomic mass is 16.2. The molecule has 0 spiro atoms. The molecule has 0 aromatic heterocycles. The Kier molecular flexibility index (Phi) is 3.69. The Balaban J connectivity index is 2.40. The van der Waals surface area contributed by atoms with Crippen LogP contribution in [0.1, 0.15) is 6.92 Å². The minimum Gasteiger partial charge on any atom is -0.340 e. The van der Waals surface area contributed by atoms with Crippen LogP contribution < -0.4 is 5.73 Å². The zero-order valence-electron chi connectivity index (χ0n) is 8.49. The van der Waals surface area contributed by atoms with Crippen LogP contribution in [0.5, 0.6) is 0 Å². The van der Waals surface area contributed by atoms with Crippen LogP contribution in [0.15, 0.2) is 0 Å². The van der Waals surface area contributed by atoms with Crippen molar-refractivity contribution in [3.8, 4) is 0 Å². The van der Waals surface area contributed by atoms with E-state index in [0.29, 0.717) is 6.54 Å². The standard InChI is InChI=1S/C9H19N3O/c1-8(7-10)9(13)12-5-3-11(2)4-6-12/h8H,3-7,10H2,1-2H3. The summed E-state index contributed by atoms with van der Waals surface area (Å²) in [4.78, 5) is 15.8. The summed E-state index contributed by atoms with van der Waals surface area (Å²) in [6.45, 7) is 5.98. The normalized spacial score (nSPS) is 21.6. The van der Waals surface area contributed by atoms with Crippen LogP contribution in [0.3, 0.4) is 0 Å². The fourth-order valence-corrected chi connectivity index (χ4v) is 1.44. The van der Waals surface area contributed by atoms with Crippen LogP contribution >= 0.6 is 0 Å². The number of likely N-dealkylation sites (N-methyl/N-ethyl adjacent to an activating group) is 1. The van der Waals surface area contributed by atoms with Gasteiger partial charge in [-0.15, -0.1) is 0 Å². The molecule has 0 aromatic carbocycles. The van der Waals surface area contributed by atoms with Crippen molar-refractivity contribution in [2.24, 2.45) is 11.7 Å². The summed E-state index contributed by atoms with van der Waals surface area (Å²) >= 11 is 0. The highest BCUT2D eigenvalue weighted by molar-refractivity contribution is 5.78. The van der Waals surface area contributed by atoms with Crippen molar-refractivity contribution < 1.29 is 4.79 Å². The van der Waals surface area contributed by atoms with Crippen molar-refractivity contribution in [3.63, 3.8) is 0 Å². The molecular formula is C9H19N3O. The third-order valence-corrected chi connectivity index (χ3v) is 2.59. The quantitative estimate of drug-likeness (QED) is 0.622. The van der Waals surface area contributed by atoms with Gasteiger partial charge in [0.05, 0.1) is 0 Å². The van der Waals surface area contributed by atoms with Crippen LogP contribution in [0, 0.1) is 5.92 Å². The maximum atomic E-state index is 11.7. The van der Waals surface area contributed by atoms with Gasteiger partial charge in [-0.25, -0.2) is 0 Å². The molecule has 4 heteroatoms. The lowest BCUT2D eigenvalue weighted by atomic mass is 10.1. The Hall–Kier alpha value is -0.610. The molecule has 1 amide bonds. The zero-order chi connectivity index (χ0) is 9.84. The molecule has 76 valence electrons. The summed E-state index contributed by atoms with van der Waals surface area (Å²) in [5, 5.41) is 0. The molecule has 0 aromatic rings. The van der Waals surface area contributed by atoms with Gasteiger partial charge < -0.3 is 15.5 Å². The topological polar surface area (TPSA) is 49.6 Å². The number of nitrogens with zero attached hydrogens (tertiary/aromatic N) is 2. The third-order valence-electron chi connectivity index (χ3n) is 2.59. The molecular weight excluding hydrogens is 166 g/mol. The van der Waals surface area contributed by atoms with Gasteiger partial charge in [0.2, 0.25) is 5.91 Å². The lowest BCUT2D eigenvalue weighted by molar-refractivity contribution is -0.136. The van der Waals surface area contributed by atoms with E-state index >= 15 is 0 Å². The minimum atomic E-state index is -0.0246. The van der Waals surface area contributed by atoms with Crippen molar-refractivity contribution in [2.75, 3.05) is 39.8 Å². The number of hydrogen-bond acceptors (Lipinski definition) is 3. The van der Waals surface area contributed by atoms with Gasteiger partial charge in [0, 0.05) is 38.6 Å². The first-order chi connectivity index (χ1) is 6.15. The third kappa shape index (κ3) is 2.67. The highest BCUT2D eigenvalue weighted by Gasteiger charge is 2.22. The van der Waals surface area contributed by atoms with Crippen molar-refractivity contribution in [1.29, 1.82) is 0 Å². The number of amides is 1. The fraction of sp³-hybridized carbons (Fsp3) is 0.889. The van der Waals surface area contributed by atoms with Gasteiger partial charge in [0.25, 0.3) is 0 Å². The predicted molar refractivity (Wildman–Crippen MR) is 52.3 cm³/mol. The van der Waals surface area contributed by atoms with Crippen molar-refractivity contribution in [2.45, 2.75) is 6.92 Å². The van der Waals surface area contributed by atoms with Gasteiger partial charge in [-0.3, -0.25) is 4.79 Å². The van der Waals surface area contributed by atoms with Crippen molar-refractivity contribution in [3.05, 3.63) is 0 Å². The average molecular weight is 185 g/mol. The molecule has 1 atom stereocenters. The van der Waals surface area contributed by atoms with E-state index in [0.717, 1.165) is 26.2 Å². The monoisotopic (exact) mass is 185 g/mol. The maximum Gasteiger partial charge on any atom is 0.226 e. The van der Waals surface area contributed by atoms with E-state index in [2.05, 4.69) is 11.9 Å². The van der Waals surface area contributed by atoms with Gasteiger partial charge in [0.15, 0.2) is 0 Å². The molecule has 1 saturated heterocycles. The molecule has 0 aliphatic carbocycles. The molecule has 1 rings (SSSR count). The van der Waals surface area contributed by atoms with Crippen LogP contribution in [0.2, 0.25) is 0 Å². The molecule has 1 aliphatic rings. The SMILES string of the molecule is CC(CN)C(=O)N1CCN(C)CC1. The molecule has 1 heterocycles. The van der Waals surface area contributed by atoms with E-state index in [4.69, 9.17) is 5.73 Å². The predicted octanol–water partition coefficient (Wildman–Crippen LogP) is -0.645. The number of piperazine rings is 1. The Labute approximate surface area is 79.7 Å².